The molecule has 0 unspecified atom stereocenters. The predicted octanol–water partition coefficient (Wildman–Crippen LogP) is 3.36. The van der Waals surface area contributed by atoms with Gasteiger partial charge in [0, 0.05) is 28.9 Å². The van der Waals surface area contributed by atoms with E-state index < -0.39 is 33.0 Å². The lowest BCUT2D eigenvalue weighted by atomic mass is 9.63. The number of aliphatic hydroxyl groups is 1. The third-order valence-electron chi connectivity index (χ3n) is 9.45. The molecule has 6 rings (SSSR count). The van der Waals surface area contributed by atoms with Crippen molar-refractivity contribution in [1.82, 2.24) is 4.72 Å². The maximum atomic E-state index is 13.5. The fraction of sp³-hybridized carbons (Fsp3) is 0.516. The molecule has 4 aliphatic rings. The Kier molecular flexibility index (Phi) is 7.72. The summed E-state index contributed by atoms with van der Waals surface area (Å²) in [4.78, 5) is 15.3. The number of hydrogen-bond donors (Lipinski definition) is 2. The minimum absolute atomic E-state index is 0.0656. The van der Waals surface area contributed by atoms with Crippen LogP contribution in [-0.4, -0.2) is 71.9 Å². The van der Waals surface area contributed by atoms with Crippen LogP contribution in [-0.2, 0) is 31.4 Å². The molecule has 2 aliphatic carbocycles. The van der Waals surface area contributed by atoms with Gasteiger partial charge < -0.3 is 19.5 Å². The second-order valence-electron chi connectivity index (χ2n) is 13.0. The van der Waals surface area contributed by atoms with Crippen LogP contribution in [0.25, 0.3) is 0 Å². The monoisotopic (exact) mass is 620 g/mol. The lowest BCUT2D eigenvalue weighted by Crippen LogP contribution is -2.52. The molecule has 12 heteroatoms. The summed E-state index contributed by atoms with van der Waals surface area (Å²) in [5, 5.41) is 9.91. The van der Waals surface area contributed by atoms with E-state index in [4.69, 9.17) is 36.8 Å². The molecular weight excluding hydrogens is 585 g/mol. The second-order valence-corrected chi connectivity index (χ2v) is 15.1. The van der Waals surface area contributed by atoms with E-state index in [1.54, 1.807) is 12.1 Å². The highest BCUT2D eigenvalue weighted by Crippen LogP contribution is 2.47. The Morgan fingerprint density at radius 2 is 1.93 bits per heavy atom. The van der Waals surface area contributed by atoms with Crippen molar-refractivity contribution in [3.63, 3.8) is 0 Å². The molecule has 1 spiro atoms. The second kappa shape index (κ2) is 10.9. The van der Waals surface area contributed by atoms with Crippen LogP contribution in [0.4, 0.5) is 5.69 Å². The number of aliphatic hydroxyl groups excluding tert-OH is 1. The Morgan fingerprint density at radius 1 is 1.14 bits per heavy atom. The summed E-state index contributed by atoms with van der Waals surface area (Å²) >= 11 is 6.37. The number of benzene rings is 2. The maximum Gasteiger partial charge on any atom is 0.265 e. The molecule has 2 bridgehead atoms. The summed E-state index contributed by atoms with van der Waals surface area (Å²) in [6.07, 6.45) is 6.51. The van der Waals surface area contributed by atoms with E-state index in [2.05, 4.69) is 15.7 Å². The van der Waals surface area contributed by atoms with Crippen molar-refractivity contribution in [2.45, 2.75) is 73.4 Å². The number of nitrogens with zero attached hydrogens (tertiary/aromatic N) is 1. The zero-order valence-electron chi connectivity index (χ0n) is 24.4. The van der Waals surface area contributed by atoms with E-state index in [1.807, 2.05) is 12.1 Å². The van der Waals surface area contributed by atoms with Gasteiger partial charge >= 0.3 is 0 Å². The molecule has 1 saturated carbocycles. The number of sulfonamides is 1. The molecule has 1 fully saturated rings. The van der Waals surface area contributed by atoms with Gasteiger partial charge in [-0.2, -0.15) is 0 Å². The van der Waals surface area contributed by atoms with E-state index in [1.165, 1.54) is 43.2 Å². The summed E-state index contributed by atoms with van der Waals surface area (Å²) in [6, 6.07) is 10.7. The van der Waals surface area contributed by atoms with Crippen molar-refractivity contribution < 1.29 is 27.8 Å². The van der Waals surface area contributed by atoms with Crippen molar-refractivity contribution in [2.24, 2.45) is 11.8 Å². The number of carbonyl (C=O) groups is 1. The van der Waals surface area contributed by atoms with Gasteiger partial charge in [-0.1, -0.05) is 29.8 Å². The van der Waals surface area contributed by atoms with Crippen LogP contribution in [0.15, 0.2) is 53.4 Å². The van der Waals surface area contributed by atoms with E-state index in [0.29, 0.717) is 36.2 Å². The number of halogens is 1. The number of hydrogen-bond acceptors (Lipinski definition) is 7. The SMILES string of the molecule is [B]C1([B])/C=C/[C@H](O)[C@@H]2CC[C@H]2CN2C[C@@]3(CCCc4cc(Cl)ccc43)COc3ccc(cc32)S(=O)(=O)NC(=O)C(C)(C)O1. The summed E-state index contributed by atoms with van der Waals surface area (Å²) in [5.41, 5.74) is 0.971. The summed E-state index contributed by atoms with van der Waals surface area (Å²) in [7, 11) is 7.92. The standard InChI is InChI=1S/C31H35B2ClN2O6S/c1-29(2)28(38)35-43(39,40)22-7-10-27-25(15-22)36(16-20-5-8-23(20)26(37)11-13-31(32,33)42-29)17-30(18-41-27)12-3-4-19-14-21(34)6-9-24(19)30/h6-7,9-11,13-15,20,23,26,37H,3-5,8,12,16-18H2,1-2H3,(H,35,38)/b13-11+/t20-,23+,26-,30-/m0/s1. The Hall–Kier alpha value is -2.46. The summed E-state index contributed by atoms with van der Waals surface area (Å²) < 4.78 is 41.3. The molecule has 4 atom stereocenters. The maximum absolute atomic E-state index is 13.5. The highest BCUT2D eigenvalue weighted by Gasteiger charge is 2.45. The zero-order chi connectivity index (χ0) is 30.8. The highest BCUT2D eigenvalue weighted by atomic mass is 35.5. The van der Waals surface area contributed by atoms with Crippen molar-refractivity contribution >= 4 is 48.9 Å². The van der Waals surface area contributed by atoms with Gasteiger partial charge in [0.15, 0.2) is 0 Å². The molecule has 2 aliphatic heterocycles. The highest BCUT2D eigenvalue weighted by molar-refractivity contribution is 7.90. The van der Waals surface area contributed by atoms with E-state index in [9.17, 15) is 18.3 Å². The van der Waals surface area contributed by atoms with Crippen LogP contribution in [0.1, 0.15) is 50.7 Å². The number of fused-ring (bicyclic) bond motifs is 4. The molecule has 2 aromatic rings. The molecule has 0 saturated heterocycles. The molecule has 2 heterocycles. The molecule has 224 valence electrons. The van der Waals surface area contributed by atoms with Crippen molar-refractivity contribution in [1.29, 1.82) is 0 Å². The van der Waals surface area contributed by atoms with E-state index >= 15 is 0 Å². The molecule has 43 heavy (non-hydrogen) atoms. The van der Waals surface area contributed by atoms with E-state index in [-0.39, 0.29) is 22.1 Å². The normalized spacial score (nSPS) is 31.8. The third kappa shape index (κ3) is 5.86. The smallest absolute Gasteiger partial charge is 0.265 e. The van der Waals surface area contributed by atoms with Gasteiger partial charge in [0.05, 0.1) is 23.3 Å². The minimum Gasteiger partial charge on any atom is -0.490 e. The first-order valence-electron chi connectivity index (χ1n) is 14.7. The van der Waals surface area contributed by atoms with Gasteiger partial charge in [-0.15, -0.1) is 0 Å². The van der Waals surface area contributed by atoms with Gasteiger partial charge in [-0.05, 0) is 99.2 Å². The number of aryl methyl sites for hydroxylation is 1. The zero-order valence-corrected chi connectivity index (χ0v) is 26.0. The van der Waals surface area contributed by atoms with Crippen molar-refractivity contribution in [3.05, 3.63) is 64.7 Å². The molecule has 1 amide bonds. The average Bonchev–Trinajstić information content (AvgIpc) is 3.06. The number of rotatable bonds is 0. The van der Waals surface area contributed by atoms with Crippen molar-refractivity contribution in [2.75, 3.05) is 24.6 Å². The molecule has 8 nitrogen and oxygen atoms in total. The Labute approximate surface area is 261 Å². The molecule has 0 aromatic heterocycles. The van der Waals surface area contributed by atoms with Gasteiger partial charge in [-0.3, -0.25) is 4.79 Å². The van der Waals surface area contributed by atoms with E-state index in [0.717, 1.165) is 32.1 Å². The van der Waals surface area contributed by atoms with Crippen LogP contribution < -0.4 is 14.4 Å². The quantitative estimate of drug-likeness (QED) is 0.344. The lowest BCUT2D eigenvalue weighted by Gasteiger charge is -2.45. The Balaban J connectivity index is 1.45. The Bertz CT molecular complexity index is 1580. The Morgan fingerprint density at radius 3 is 2.67 bits per heavy atom. The first kappa shape index (κ1) is 30.6. The van der Waals surface area contributed by atoms with Crippen molar-refractivity contribution in [3.8, 4) is 5.75 Å². The van der Waals surface area contributed by atoms with Gasteiger partial charge in [0.1, 0.15) is 27.0 Å². The predicted molar refractivity (Wildman–Crippen MR) is 166 cm³/mol. The van der Waals surface area contributed by atoms with Gasteiger partial charge in [0.2, 0.25) is 0 Å². The summed E-state index contributed by atoms with van der Waals surface area (Å²) in [6.45, 7) is 4.35. The number of anilines is 1. The fourth-order valence-corrected chi connectivity index (χ4v) is 8.35. The van der Waals surface area contributed by atoms with Gasteiger partial charge in [0.25, 0.3) is 15.9 Å². The number of nitrogens with one attached hydrogen (secondary N) is 1. The lowest BCUT2D eigenvalue weighted by molar-refractivity contribution is -0.143. The minimum atomic E-state index is -4.30. The molecule has 4 radical (unpaired) electrons. The van der Waals surface area contributed by atoms with Gasteiger partial charge in [-0.25, -0.2) is 13.1 Å². The van der Waals surface area contributed by atoms with Crippen LogP contribution in [0.3, 0.4) is 0 Å². The molecular formula is C31H35B2ClN2O6S. The molecule has 2 N–H and O–H groups in total. The van der Waals surface area contributed by atoms with Crippen LogP contribution in [0.2, 0.25) is 5.02 Å². The summed E-state index contributed by atoms with van der Waals surface area (Å²) in [5.74, 6) is -0.317. The third-order valence-corrected chi connectivity index (χ3v) is 11.0. The first-order valence-corrected chi connectivity index (χ1v) is 16.6. The first-order chi connectivity index (χ1) is 20.2. The largest absolute Gasteiger partial charge is 0.490 e. The fourth-order valence-electron chi connectivity index (χ4n) is 7.03. The van der Waals surface area contributed by atoms with Crippen LogP contribution in [0.5, 0.6) is 5.75 Å². The average molecular weight is 621 g/mol. The molecule has 2 aromatic carbocycles. The van der Waals surface area contributed by atoms with Crippen LogP contribution in [0, 0.1) is 11.8 Å². The topological polar surface area (TPSA) is 105 Å². The number of ether oxygens (including phenoxy) is 2. The van der Waals surface area contributed by atoms with Crippen LogP contribution >= 0.6 is 11.6 Å². The number of carbonyl (C=O) groups excluding carboxylic acids is 1. The number of amides is 1.